The number of esters is 1. The van der Waals surface area contributed by atoms with Gasteiger partial charge in [0.1, 0.15) is 12.2 Å². The lowest BCUT2D eigenvalue weighted by Crippen LogP contribution is -2.32. The van der Waals surface area contributed by atoms with Crippen LogP contribution in [0.3, 0.4) is 0 Å². The predicted molar refractivity (Wildman–Crippen MR) is 32.8 cm³/mol. The Balaban J connectivity index is 2.19. The molecule has 6 nitrogen and oxygen atoms in total. The summed E-state index contributed by atoms with van der Waals surface area (Å²) in [5.74, 6) is -0.823. The normalized spacial score (nSPS) is 52.2. The maximum Gasteiger partial charge on any atom is 0.338 e. The highest BCUT2D eigenvalue weighted by Gasteiger charge is 2.56. The minimum Gasteiger partial charge on any atom is -0.454 e. The number of carbonyl (C=O) groups excluding carboxylic acids is 1. The minimum absolute atomic E-state index is 0.823. The number of hydrogen-bond donors (Lipinski definition) is 3. The molecule has 6 heteroatoms. The zero-order valence-corrected chi connectivity index (χ0v) is 5.95. The second kappa shape index (κ2) is 2.40. The standard InChI is InChI=1S/C6H8O6/c7-1-3-4(12-5(1)9)2(8)6(10)11-3/h1-5,7-9H/t1-,2-,3+,4+,5?/m0/s1. The molecule has 1 unspecified atom stereocenters. The van der Waals surface area contributed by atoms with Crippen LogP contribution >= 0.6 is 0 Å². The van der Waals surface area contributed by atoms with Crippen LogP contribution in [0.4, 0.5) is 0 Å². The quantitative estimate of drug-likeness (QED) is 0.349. The van der Waals surface area contributed by atoms with Gasteiger partial charge in [-0.1, -0.05) is 0 Å². The van der Waals surface area contributed by atoms with Gasteiger partial charge < -0.3 is 24.8 Å². The highest BCUT2D eigenvalue weighted by atomic mass is 16.7. The van der Waals surface area contributed by atoms with Gasteiger partial charge in [-0.15, -0.1) is 0 Å². The monoisotopic (exact) mass is 176 g/mol. The van der Waals surface area contributed by atoms with E-state index in [2.05, 4.69) is 9.47 Å². The Morgan fingerprint density at radius 3 is 2.42 bits per heavy atom. The van der Waals surface area contributed by atoms with Crippen molar-refractivity contribution < 1.29 is 29.6 Å². The van der Waals surface area contributed by atoms with Crippen molar-refractivity contribution in [2.45, 2.75) is 30.7 Å². The molecule has 0 aromatic heterocycles. The smallest absolute Gasteiger partial charge is 0.338 e. The second-order valence-corrected chi connectivity index (χ2v) is 2.83. The van der Waals surface area contributed by atoms with E-state index in [4.69, 9.17) is 15.3 Å². The average Bonchev–Trinajstić information content (AvgIpc) is 2.43. The summed E-state index contributed by atoms with van der Waals surface area (Å²) in [5, 5.41) is 27.2. The molecular formula is C6H8O6. The number of aliphatic hydroxyl groups excluding tert-OH is 3. The van der Waals surface area contributed by atoms with Crippen molar-refractivity contribution in [3.05, 3.63) is 0 Å². The molecule has 2 heterocycles. The highest BCUT2D eigenvalue weighted by Crippen LogP contribution is 2.30. The molecule has 0 aromatic carbocycles. The SMILES string of the molecule is O=C1O[C@H]2[C@H](OC(O)[C@H]2O)[C@@H]1O. The van der Waals surface area contributed by atoms with Gasteiger partial charge in [-0.25, -0.2) is 4.79 Å². The van der Waals surface area contributed by atoms with E-state index in [0.29, 0.717) is 0 Å². The fraction of sp³-hybridized carbons (Fsp3) is 0.833. The van der Waals surface area contributed by atoms with Crippen molar-refractivity contribution in [1.29, 1.82) is 0 Å². The average molecular weight is 176 g/mol. The Labute approximate surface area is 67.3 Å². The molecule has 0 aliphatic carbocycles. The van der Waals surface area contributed by atoms with E-state index >= 15 is 0 Å². The van der Waals surface area contributed by atoms with Gasteiger partial charge in [0, 0.05) is 0 Å². The molecule has 12 heavy (non-hydrogen) atoms. The predicted octanol–water partition coefficient (Wildman–Crippen LogP) is -2.65. The Bertz CT molecular complexity index is 216. The third kappa shape index (κ3) is 0.862. The fourth-order valence-electron chi connectivity index (χ4n) is 1.40. The topological polar surface area (TPSA) is 96.2 Å². The van der Waals surface area contributed by atoms with Gasteiger partial charge in [-0.2, -0.15) is 0 Å². The van der Waals surface area contributed by atoms with Crippen molar-refractivity contribution >= 4 is 5.97 Å². The van der Waals surface area contributed by atoms with E-state index < -0.39 is 36.7 Å². The molecule has 2 aliphatic heterocycles. The first-order chi connectivity index (χ1) is 5.61. The zero-order valence-electron chi connectivity index (χ0n) is 5.95. The first-order valence-electron chi connectivity index (χ1n) is 3.51. The molecular weight excluding hydrogens is 168 g/mol. The number of hydrogen-bond acceptors (Lipinski definition) is 6. The van der Waals surface area contributed by atoms with Crippen molar-refractivity contribution in [2.75, 3.05) is 0 Å². The summed E-state index contributed by atoms with van der Waals surface area (Å²) in [6, 6.07) is 0. The molecule has 0 amide bonds. The number of ether oxygens (including phenoxy) is 2. The number of rotatable bonds is 0. The van der Waals surface area contributed by atoms with E-state index in [0.717, 1.165) is 0 Å². The van der Waals surface area contributed by atoms with Gasteiger partial charge in [0.2, 0.25) is 0 Å². The highest BCUT2D eigenvalue weighted by molar-refractivity contribution is 5.78. The summed E-state index contributed by atoms with van der Waals surface area (Å²) in [4.78, 5) is 10.7. The van der Waals surface area contributed by atoms with Crippen molar-refractivity contribution in [3.8, 4) is 0 Å². The summed E-state index contributed by atoms with van der Waals surface area (Å²) < 4.78 is 9.25. The summed E-state index contributed by atoms with van der Waals surface area (Å²) in [6.07, 6.45) is -5.94. The zero-order chi connectivity index (χ0) is 8.88. The molecule has 0 spiro atoms. The molecule has 68 valence electrons. The third-order valence-electron chi connectivity index (χ3n) is 2.05. The van der Waals surface area contributed by atoms with Crippen LogP contribution in [0.1, 0.15) is 0 Å². The van der Waals surface area contributed by atoms with Crippen LogP contribution < -0.4 is 0 Å². The second-order valence-electron chi connectivity index (χ2n) is 2.83. The fourth-order valence-corrected chi connectivity index (χ4v) is 1.40. The van der Waals surface area contributed by atoms with Gasteiger partial charge >= 0.3 is 5.97 Å². The van der Waals surface area contributed by atoms with E-state index in [9.17, 15) is 4.79 Å². The number of carbonyl (C=O) groups is 1. The Morgan fingerprint density at radius 2 is 1.83 bits per heavy atom. The van der Waals surface area contributed by atoms with E-state index in [-0.39, 0.29) is 0 Å². The third-order valence-corrected chi connectivity index (χ3v) is 2.05. The molecule has 2 rings (SSSR count). The number of aliphatic hydroxyl groups is 3. The summed E-state index contributed by atoms with van der Waals surface area (Å²) >= 11 is 0. The van der Waals surface area contributed by atoms with Crippen molar-refractivity contribution in [3.63, 3.8) is 0 Å². The minimum atomic E-state index is -1.40. The van der Waals surface area contributed by atoms with Gasteiger partial charge in [0.05, 0.1) is 0 Å². The largest absolute Gasteiger partial charge is 0.454 e. The Kier molecular flexibility index (Phi) is 1.58. The first-order valence-corrected chi connectivity index (χ1v) is 3.51. The summed E-state index contributed by atoms with van der Waals surface area (Å²) in [6.45, 7) is 0. The summed E-state index contributed by atoms with van der Waals surface area (Å²) in [5.41, 5.74) is 0. The van der Waals surface area contributed by atoms with Crippen LogP contribution in [-0.4, -0.2) is 52.0 Å². The Hall–Kier alpha value is -0.690. The first kappa shape index (κ1) is 7.93. The molecule has 0 radical (unpaired) electrons. The lowest BCUT2D eigenvalue weighted by atomic mass is 10.1. The molecule has 3 N–H and O–H groups in total. The lowest BCUT2D eigenvalue weighted by molar-refractivity contribution is -0.168. The molecule has 2 saturated heterocycles. The van der Waals surface area contributed by atoms with Gasteiger partial charge in [-0.05, 0) is 0 Å². The van der Waals surface area contributed by atoms with Crippen molar-refractivity contribution in [2.24, 2.45) is 0 Å². The van der Waals surface area contributed by atoms with Crippen LogP contribution in [0.5, 0.6) is 0 Å². The van der Waals surface area contributed by atoms with Crippen LogP contribution in [0.15, 0.2) is 0 Å². The number of fused-ring (bicyclic) bond motifs is 1. The van der Waals surface area contributed by atoms with Gasteiger partial charge in [-0.3, -0.25) is 0 Å². The lowest BCUT2D eigenvalue weighted by Gasteiger charge is -2.10. The van der Waals surface area contributed by atoms with Gasteiger partial charge in [0.25, 0.3) is 0 Å². The van der Waals surface area contributed by atoms with Crippen LogP contribution in [0.2, 0.25) is 0 Å². The molecule has 5 atom stereocenters. The van der Waals surface area contributed by atoms with E-state index in [1.54, 1.807) is 0 Å². The molecule has 0 saturated carbocycles. The molecule has 2 aliphatic rings. The molecule has 0 aromatic rings. The summed E-state index contributed by atoms with van der Waals surface area (Å²) in [7, 11) is 0. The van der Waals surface area contributed by atoms with Crippen LogP contribution in [0, 0.1) is 0 Å². The van der Waals surface area contributed by atoms with Crippen molar-refractivity contribution in [1.82, 2.24) is 0 Å². The molecule has 0 bridgehead atoms. The van der Waals surface area contributed by atoms with Gasteiger partial charge in [0.15, 0.2) is 18.5 Å². The maximum absolute atomic E-state index is 10.7. The Morgan fingerprint density at radius 1 is 1.17 bits per heavy atom. The van der Waals surface area contributed by atoms with E-state index in [1.807, 2.05) is 0 Å². The van der Waals surface area contributed by atoms with E-state index in [1.165, 1.54) is 0 Å². The van der Waals surface area contributed by atoms with Crippen LogP contribution in [-0.2, 0) is 14.3 Å². The maximum atomic E-state index is 10.7. The van der Waals surface area contributed by atoms with Crippen LogP contribution in [0.25, 0.3) is 0 Å². The molecule has 2 fully saturated rings.